The number of rotatable bonds is 3. The fraction of sp³-hybridized carbons (Fsp3) is 0.250. The van der Waals surface area contributed by atoms with Crippen molar-refractivity contribution in [3.05, 3.63) is 68.9 Å². The molecule has 2 aromatic heterocycles. The minimum atomic E-state index is 0.475. The maximum absolute atomic E-state index is 6.00. The first-order valence-electron chi connectivity index (χ1n) is 8.35. The number of hydrogen-bond acceptors (Lipinski definition) is 4. The fourth-order valence-electron chi connectivity index (χ4n) is 3.12. The Kier molecular flexibility index (Phi) is 4.84. The molecule has 0 amide bonds. The van der Waals surface area contributed by atoms with Crippen LogP contribution in [0.5, 0.6) is 0 Å². The highest BCUT2D eigenvalue weighted by Crippen LogP contribution is 2.37. The lowest BCUT2D eigenvalue weighted by atomic mass is 9.85. The number of benzene rings is 1. The van der Waals surface area contributed by atoms with Crippen LogP contribution < -0.4 is 0 Å². The summed E-state index contributed by atoms with van der Waals surface area (Å²) in [7, 11) is 0. The molecule has 0 aliphatic heterocycles. The van der Waals surface area contributed by atoms with Gasteiger partial charge in [0, 0.05) is 21.5 Å². The Morgan fingerprint density at radius 2 is 2.08 bits per heavy atom. The van der Waals surface area contributed by atoms with E-state index in [1.807, 2.05) is 35.6 Å². The van der Waals surface area contributed by atoms with Crippen LogP contribution in [-0.2, 0) is 0 Å². The lowest BCUT2D eigenvalue weighted by Gasteiger charge is -2.21. The van der Waals surface area contributed by atoms with Crippen molar-refractivity contribution >= 4 is 29.0 Å². The van der Waals surface area contributed by atoms with E-state index in [0.717, 1.165) is 18.4 Å². The third-order valence-electron chi connectivity index (χ3n) is 4.46. The van der Waals surface area contributed by atoms with Crippen molar-refractivity contribution in [2.75, 3.05) is 0 Å². The highest BCUT2D eigenvalue weighted by atomic mass is 35.5. The Balaban J connectivity index is 1.45. The van der Waals surface area contributed by atoms with Gasteiger partial charge in [-0.3, -0.25) is 0 Å². The first-order valence-corrected chi connectivity index (χ1v) is 9.61. The quantitative estimate of drug-likeness (QED) is 0.506. The van der Waals surface area contributed by atoms with E-state index in [9.17, 15) is 0 Å². The minimum Gasteiger partial charge on any atom is -0.334 e. The molecule has 0 N–H and O–H groups in total. The zero-order valence-corrected chi connectivity index (χ0v) is 15.2. The van der Waals surface area contributed by atoms with E-state index < -0.39 is 0 Å². The summed E-state index contributed by atoms with van der Waals surface area (Å²) in [6.45, 7) is 0. The Morgan fingerprint density at radius 3 is 2.84 bits per heavy atom. The molecule has 4 rings (SSSR count). The summed E-state index contributed by atoms with van der Waals surface area (Å²) in [5, 5.41) is 6.83. The number of nitrogens with zero attached hydrogens (tertiary/aromatic N) is 2. The van der Waals surface area contributed by atoms with Gasteiger partial charge in [-0.15, -0.1) is 17.1 Å². The van der Waals surface area contributed by atoms with Crippen LogP contribution in [0.2, 0.25) is 5.02 Å². The first-order chi connectivity index (χ1) is 12.3. The van der Waals surface area contributed by atoms with Crippen LogP contribution in [0.25, 0.3) is 17.5 Å². The summed E-state index contributed by atoms with van der Waals surface area (Å²) >= 11 is 7.87. The molecule has 3 nitrogen and oxygen atoms in total. The van der Waals surface area contributed by atoms with E-state index >= 15 is 0 Å². The van der Waals surface area contributed by atoms with E-state index in [2.05, 4.69) is 33.4 Å². The van der Waals surface area contributed by atoms with E-state index in [1.54, 1.807) is 6.08 Å². The van der Waals surface area contributed by atoms with Gasteiger partial charge in [0.25, 0.3) is 5.89 Å². The van der Waals surface area contributed by atoms with Gasteiger partial charge in [0.05, 0.1) is 0 Å². The Hall–Kier alpha value is -2.13. The molecule has 0 atom stereocenters. The van der Waals surface area contributed by atoms with Gasteiger partial charge in [0.15, 0.2) is 0 Å². The average Bonchev–Trinajstić information content (AvgIpc) is 3.32. The standard InChI is InChI=1S/C20H17ClN2OS/c21-17-4-1-3-16(13-17)20-22-19(24-23-20)11-8-14-6-9-15(10-7-14)18-5-2-12-25-18/h1-5,11-13,15H,6-7,9-10H2. The molecule has 0 radical (unpaired) electrons. The molecule has 0 spiro atoms. The molecule has 1 aliphatic rings. The van der Waals surface area contributed by atoms with Crippen molar-refractivity contribution in [1.29, 1.82) is 0 Å². The molecule has 1 aromatic carbocycles. The molecular weight excluding hydrogens is 352 g/mol. The number of allylic oxidation sites excluding steroid dienone is 1. The Bertz CT molecular complexity index is 913. The summed E-state index contributed by atoms with van der Waals surface area (Å²) in [5.74, 6) is 1.72. The zero-order chi connectivity index (χ0) is 17.1. The highest BCUT2D eigenvalue weighted by molar-refractivity contribution is 7.10. The van der Waals surface area contributed by atoms with Gasteiger partial charge in [0.2, 0.25) is 5.82 Å². The van der Waals surface area contributed by atoms with Gasteiger partial charge in [-0.05, 0) is 60.8 Å². The van der Waals surface area contributed by atoms with Gasteiger partial charge >= 0.3 is 0 Å². The van der Waals surface area contributed by atoms with Gasteiger partial charge < -0.3 is 4.52 Å². The predicted molar refractivity (Wildman–Crippen MR) is 102 cm³/mol. The minimum absolute atomic E-state index is 0.475. The second-order valence-corrected chi connectivity index (χ2v) is 7.56. The fourth-order valence-corrected chi connectivity index (χ4v) is 4.21. The SMILES string of the molecule is Clc1cccc(-c2noc(C=C=C3CCC(c4cccs4)CC3)n2)c1. The van der Waals surface area contributed by atoms with Crippen molar-refractivity contribution < 1.29 is 4.52 Å². The Morgan fingerprint density at radius 1 is 1.20 bits per heavy atom. The molecule has 0 unspecified atom stereocenters. The monoisotopic (exact) mass is 368 g/mol. The molecule has 0 saturated heterocycles. The van der Waals surface area contributed by atoms with E-state index in [0.29, 0.717) is 22.7 Å². The molecule has 0 bridgehead atoms. The van der Waals surface area contributed by atoms with Crippen molar-refractivity contribution in [3.8, 4) is 11.4 Å². The maximum Gasteiger partial charge on any atom is 0.258 e. The lowest BCUT2D eigenvalue weighted by molar-refractivity contribution is 0.411. The molecule has 1 saturated carbocycles. The average molecular weight is 369 g/mol. The predicted octanol–water partition coefficient (Wildman–Crippen LogP) is 6.35. The third kappa shape index (κ3) is 3.93. The summed E-state index contributed by atoms with van der Waals surface area (Å²) in [6.07, 6.45) is 6.33. The number of thiophene rings is 1. The Labute approximate surface area is 155 Å². The maximum atomic E-state index is 6.00. The van der Waals surface area contributed by atoms with Crippen molar-refractivity contribution in [2.24, 2.45) is 0 Å². The molecule has 2 heterocycles. The molecule has 25 heavy (non-hydrogen) atoms. The first kappa shape index (κ1) is 16.3. The van der Waals surface area contributed by atoms with Crippen LogP contribution in [-0.4, -0.2) is 10.1 Å². The lowest BCUT2D eigenvalue weighted by Crippen LogP contribution is -2.04. The van der Waals surface area contributed by atoms with Crippen LogP contribution >= 0.6 is 22.9 Å². The van der Waals surface area contributed by atoms with Crippen LogP contribution in [0.1, 0.15) is 42.4 Å². The molecule has 126 valence electrons. The van der Waals surface area contributed by atoms with Crippen LogP contribution in [0.15, 0.2) is 57.6 Å². The largest absolute Gasteiger partial charge is 0.334 e. The second-order valence-electron chi connectivity index (χ2n) is 6.15. The normalized spacial score (nSPS) is 17.3. The third-order valence-corrected chi connectivity index (χ3v) is 5.73. The van der Waals surface area contributed by atoms with Gasteiger partial charge in [-0.2, -0.15) is 4.98 Å². The topological polar surface area (TPSA) is 38.9 Å². The second kappa shape index (κ2) is 7.40. The van der Waals surface area contributed by atoms with Crippen molar-refractivity contribution in [2.45, 2.75) is 31.6 Å². The summed E-state index contributed by atoms with van der Waals surface area (Å²) < 4.78 is 5.30. The van der Waals surface area contributed by atoms with Gasteiger partial charge in [0.1, 0.15) is 0 Å². The molecule has 5 heteroatoms. The summed E-state index contributed by atoms with van der Waals surface area (Å²) in [6, 6.07) is 11.8. The summed E-state index contributed by atoms with van der Waals surface area (Å²) in [5.41, 5.74) is 5.53. The van der Waals surface area contributed by atoms with Crippen LogP contribution in [0.4, 0.5) is 0 Å². The van der Waals surface area contributed by atoms with E-state index in [4.69, 9.17) is 16.1 Å². The molecule has 1 aliphatic carbocycles. The van der Waals surface area contributed by atoms with Gasteiger partial charge in [-0.1, -0.05) is 35.0 Å². The molecular formula is C20H17ClN2OS. The molecule has 1 fully saturated rings. The number of hydrogen-bond donors (Lipinski definition) is 0. The smallest absolute Gasteiger partial charge is 0.258 e. The van der Waals surface area contributed by atoms with Crippen molar-refractivity contribution in [1.82, 2.24) is 10.1 Å². The number of aromatic nitrogens is 2. The van der Waals surface area contributed by atoms with Gasteiger partial charge in [-0.25, -0.2) is 0 Å². The van der Waals surface area contributed by atoms with Crippen LogP contribution in [0, 0.1) is 0 Å². The number of halogens is 1. The highest BCUT2D eigenvalue weighted by Gasteiger charge is 2.18. The van der Waals surface area contributed by atoms with Crippen LogP contribution in [0.3, 0.4) is 0 Å². The zero-order valence-electron chi connectivity index (χ0n) is 13.6. The van der Waals surface area contributed by atoms with E-state index in [-0.39, 0.29) is 0 Å². The van der Waals surface area contributed by atoms with Crippen molar-refractivity contribution in [3.63, 3.8) is 0 Å². The van der Waals surface area contributed by atoms with E-state index in [1.165, 1.54) is 23.3 Å². The summed E-state index contributed by atoms with van der Waals surface area (Å²) in [4.78, 5) is 5.90. The molecule has 3 aromatic rings.